The minimum absolute atomic E-state index is 0.0673. The van der Waals surface area contributed by atoms with Gasteiger partial charge in [-0.05, 0) is 35.6 Å². The Morgan fingerprint density at radius 1 is 1.35 bits per heavy atom. The zero-order valence-corrected chi connectivity index (χ0v) is 13.5. The molecule has 122 valence electrons. The largest absolute Gasteiger partial charge is 0.352 e. The van der Waals surface area contributed by atoms with E-state index in [1.54, 1.807) is 19.1 Å². The van der Waals surface area contributed by atoms with Crippen molar-refractivity contribution in [3.05, 3.63) is 57.5 Å². The van der Waals surface area contributed by atoms with Gasteiger partial charge in [0, 0.05) is 11.4 Å². The van der Waals surface area contributed by atoms with Crippen LogP contribution >= 0.6 is 11.3 Å². The number of hydrogen-bond donors (Lipinski definition) is 3. The van der Waals surface area contributed by atoms with Crippen molar-refractivity contribution in [1.29, 1.82) is 0 Å². The zero-order chi connectivity index (χ0) is 16.8. The minimum Gasteiger partial charge on any atom is -0.352 e. The average molecular weight is 335 g/mol. The smallest absolute Gasteiger partial charge is 0.312 e. The van der Waals surface area contributed by atoms with Crippen LogP contribution in [0.25, 0.3) is 0 Å². The summed E-state index contributed by atoms with van der Waals surface area (Å²) in [6.07, 6.45) is 0.0673. The molecule has 2 rings (SSSR count). The highest BCUT2D eigenvalue weighted by atomic mass is 32.1. The van der Waals surface area contributed by atoms with E-state index < -0.39 is 12.1 Å². The molecule has 0 aliphatic rings. The Kier molecular flexibility index (Phi) is 5.70. The van der Waals surface area contributed by atoms with Crippen LogP contribution in [0.5, 0.6) is 0 Å². The number of thiophene rings is 1. The third-order valence-corrected chi connectivity index (χ3v) is 4.30. The first-order valence-electron chi connectivity index (χ1n) is 7.07. The molecule has 0 unspecified atom stereocenters. The van der Waals surface area contributed by atoms with Crippen molar-refractivity contribution < 1.29 is 14.0 Å². The number of halogens is 1. The minimum atomic E-state index is -0.684. The van der Waals surface area contributed by atoms with Crippen molar-refractivity contribution in [1.82, 2.24) is 10.6 Å². The Bertz CT molecular complexity index is 689. The maximum Gasteiger partial charge on any atom is 0.312 e. The van der Waals surface area contributed by atoms with Gasteiger partial charge in [0.25, 0.3) is 0 Å². The summed E-state index contributed by atoms with van der Waals surface area (Å²) < 4.78 is 13.5. The van der Waals surface area contributed by atoms with Gasteiger partial charge in [0.1, 0.15) is 5.82 Å². The second-order valence-electron chi connectivity index (χ2n) is 5.14. The highest BCUT2D eigenvalue weighted by Gasteiger charge is 2.18. The normalized spacial score (nSPS) is 11.7. The fourth-order valence-electron chi connectivity index (χ4n) is 2.09. The molecule has 7 heteroatoms. The molecule has 0 aliphatic heterocycles. The second kappa shape index (κ2) is 7.73. The van der Waals surface area contributed by atoms with E-state index in [0.717, 1.165) is 4.88 Å². The lowest BCUT2D eigenvalue weighted by Gasteiger charge is -2.16. The molecular formula is C16H18FN3O2S. The van der Waals surface area contributed by atoms with E-state index in [2.05, 4.69) is 10.6 Å². The number of carbonyl (C=O) groups excluding carboxylic acids is 2. The number of nitrogens with one attached hydrogen (secondary N) is 2. The predicted molar refractivity (Wildman–Crippen MR) is 87.4 cm³/mol. The highest BCUT2D eigenvalue weighted by Crippen LogP contribution is 2.21. The Hall–Kier alpha value is -2.41. The van der Waals surface area contributed by atoms with Gasteiger partial charge in [-0.15, -0.1) is 11.3 Å². The fraction of sp³-hybridized carbons (Fsp3) is 0.250. The molecule has 1 aromatic carbocycles. The molecule has 1 atom stereocenters. The SMILES string of the molecule is Cc1ccc(CNC(=O)C[C@H](NC(N)=O)c2cccs2)cc1F. The molecular weight excluding hydrogens is 317 g/mol. The van der Waals surface area contributed by atoms with Crippen LogP contribution in [0.1, 0.15) is 28.5 Å². The number of benzene rings is 1. The molecule has 2 aromatic rings. The van der Waals surface area contributed by atoms with E-state index in [-0.39, 0.29) is 24.7 Å². The van der Waals surface area contributed by atoms with Gasteiger partial charge in [-0.25, -0.2) is 9.18 Å². The summed E-state index contributed by atoms with van der Waals surface area (Å²) in [5.41, 5.74) is 6.39. The second-order valence-corrected chi connectivity index (χ2v) is 6.12. The van der Waals surface area contributed by atoms with Crippen LogP contribution in [0, 0.1) is 12.7 Å². The molecule has 0 aliphatic carbocycles. The first kappa shape index (κ1) is 17.0. The van der Waals surface area contributed by atoms with Gasteiger partial charge in [-0.2, -0.15) is 0 Å². The van der Waals surface area contributed by atoms with Crippen LogP contribution in [0.4, 0.5) is 9.18 Å². The summed E-state index contributed by atoms with van der Waals surface area (Å²) in [5, 5.41) is 7.13. The van der Waals surface area contributed by atoms with E-state index in [4.69, 9.17) is 5.73 Å². The van der Waals surface area contributed by atoms with Gasteiger partial charge in [0.15, 0.2) is 0 Å². The molecule has 5 nitrogen and oxygen atoms in total. The summed E-state index contributed by atoms with van der Waals surface area (Å²) in [5.74, 6) is -0.554. The average Bonchev–Trinajstić information content (AvgIpc) is 3.01. The van der Waals surface area contributed by atoms with E-state index >= 15 is 0 Å². The van der Waals surface area contributed by atoms with Gasteiger partial charge in [0.2, 0.25) is 5.91 Å². The van der Waals surface area contributed by atoms with Crippen LogP contribution in [0.2, 0.25) is 0 Å². The summed E-state index contributed by atoms with van der Waals surface area (Å²) in [6.45, 7) is 1.91. The molecule has 4 N–H and O–H groups in total. The van der Waals surface area contributed by atoms with Gasteiger partial charge < -0.3 is 16.4 Å². The molecule has 0 bridgehead atoms. The molecule has 3 amide bonds. The van der Waals surface area contributed by atoms with Crippen LogP contribution < -0.4 is 16.4 Å². The summed E-state index contributed by atoms with van der Waals surface area (Å²) in [4.78, 5) is 24.0. The Balaban J connectivity index is 1.93. The zero-order valence-electron chi connectivity index (χ0n) is 12.6. The van der Waals surface area contributed by atoms with E-state index in [0.29, 0.717) is 11.1 Å². The molecule has 0 fully saturated rings. The van der Waals surface area contributed by atoms with E-state index in [1.807, 2.05) is 17.5 Å². The van der Waals surface area contributed by atoms with Crippen molar-refractivity contribution in [3.63, 3.8) is 0 Å². The number of amides is 3. The summed E-state index contributed by atoms with van der Waals surface area (Å²) >= 11 is 1.43. The van der Waals surface area contributed by atoms with Gasteiger partial charge in [-0.3, -0.25) is 4.79 Å². The summed E-state index contributed by atoms with van der Waals surface area (Å²) in [6, 6.07) is 7.33. The molecule has 0 saturated carbocycles. The molecule has 1 heterocycles. The number of carbonyl (C=O) groups is 2. The number of hydrogen-bond acceptors (Lipinski definition) is 3. The molecule has 23 heavy (non-hydrogen) atoms. The summed E-state index contributed by atoms with van der Waals surface area (Å²) in [7, 11) is 0. The highest BCUT2D eigenvalue weighted by molar-refractivity contribution is 7.10. The lowest BCUT2D eigenvalue weighted by molar-refractivity contribution is -0.121. The predicted octanol–water partition coefficient (Wildman–Crippen LogP) is 2.61. The Labute approximate surface area is 137 Å². The van der Waals surface area contributed by atoms with Crippen LogP contribution in [0.15, 0.2) is 35.7 Å². The van der Waals surface area contributed by atoms with Crippen molar-refractivity contribution in [2.45, 2.75) is 25.9 Å². The first-order chi connectivity index (χ1) is 11.0. The monoisotopic (exact) mass is 335 g/mol. The molecule has 0 radical (unpaired) electrons. The van der Waals surface area contributed by atoms with Gasteiger partial charge >= 0.3 is 6.03 Å². The molecule has 0 saturated heterocycles. The van der Waals surface area contributed by atoms with Crippen LogP contribution in [-0.4, -0.2) is 11.9 Å². The van der Waals surface area contributed by atoms with Crippen molar-refractivity contribution in [3.8, 4) is 0 Å². The Morgan fingerprint density at radius 3 is 2.74 bits per heavy atom. The van der Waals surface area contributed by atoms with Crippen molar-refractivity contribution in [2.24, 2.45) is 5.73 Å². The number of nitrogens with two attached hydrogens (primary N) is 1. The molecule has 0 spiro atoms. The van der Waals surface area contributed by atoms with Crippen molar-refractivity contribution >= 4 is 23.3 Å². The number of urea groups is 1. The number of rotatable bonds is 6. The Morgan fingerprint density at radius 2 is 2.13 bits per heavy atom. The van der Waals surface area contributed by atoms with Crippen LogP contribution in [0.3, 0.4) is 0 Å². The topological polar surface area (TPSA) is 84.2 Å². The third kappa shape index (κ3) is 5.07. The lowest BCUT2D eigenvalue weighted by Crippen LogP contribution is -2.36. The molecule has 1 aromatic heterocycles. The number of aryl methyl sites for hydroxylation is 1. The fourth-order valence-corrected chi connectivity index (χ4v) is 2.87. The first-order valence-corrected chi connectivity index (χ1v) is 7.95. The standard InChI is InChI=1S/C16H18FN3O2S/c1-10-4-5-11(7-12(10)17)9-19-15(21)8-13(20-16(18)22)14-3-2-6-23-14/h2-7,13H,8-9H2,1H3,(H,19,21)(H3,18,20,22)/t13-/m0/s1. The van der Waals surface area contributed by atoms with Crippen molar-refractivity contribution in [2.75, 3.05) is 0 Å². The maximum absolute atomic E-state index is 13.5. The lowest BCUT2D eigenvalue weighted by atomic mass is 10.1. The van der Waals surface area contributed by atoms with Gasteiger partial charge in [-0.1, -0.05) is 18.2 Å². The maximum atomic E-state index is 13.5. The van der Waals surface area contributed by atoms with Crippen LogP contribution in [-0.2, 0) is 11.3 Å². The van der Waals surface area contributed by atoms with Gasteiger partial charge in [0.05, 0.1) is 12.5 Å². The van der Waals surface area contributed by atoms with E-state index in [1.165, 1.54) is 17.4 Å². The third-order valence-electron chi connectivity index (χ3n) is 3.32. The quantitative estimate of drug-likeness (QED) is 0.758. The van der Waals surface area contributed by atoms with E-state index in [9.17, 15) is 14.0 Å². The number of primary amides is 1.